The van der Waals surface area contributed by atoms with Crippen molar-refractivity contribution in [1.29, 1.82) is 0 Å². The van der Waals surface area contributed by atoms with Crippen LogP contribution in [0.1, 0.15) is 21.8 Å². The molecule has 0 unspecified atom stereocenters. The zero-order valence-electron chi connectivity index (χ0n) is 15.1. The third kappa shape index (κ3) is 3.24. The first-order valence-electron chi connectivity index (χ1n) is 8.33. The van der Waals surface area contributed by atoms with Gasteiger partial charge in [-0.1, -0.05) is 41.6 Å². The molecule has 0 aliphatic rings. The fourth-order valence-electron chi connectivity index (χ4n) is 2.78. The number of nitrogens with zero attached hydrogens (tertiary/aromatic N) is 4. The largest absolute Gasteiger partial charge is 0.335 e. The van der Waals surface area contributed by atoms with E-state index in [2.05, 4.69) is 20.2 Å². The number of fused-ring (bicyclic) bond motifs is 1. The Hall–Kier alpha value is -2.65. The predicted molar refractivity (Wildman–Crippen MR) is 110 cm³/mol. The zero-order chi connectivity index (χ0) is 19.1. The summed E-state index contributed by atoms with van der Waals surface area (Å²) in [5.41, 5.74) is 2.96. The first kappa shape index (κ1) is 17.7. The fourth-order valence-corrected chi connectivity index (χ4v) is 4.55. The van der Waals surface area contributed by atoms with Crippen LogP contribution in [0, 0.1) is 20.8 Å². The molecule has 7 nitrogen and oxygen atoms in total. The highest BCUT2D eigenvalue weighted by Crippen LogP contribution is 2.27. The topological polar surface area (TPSA) is 102 Å². The highest BCUT2D eigenvalue weighted by atomic mass is 32.2. The van der Waals surface area contributed by atoms with Crippen molar-refractivity contribution in [2.75, 3.05) is 5.84 Å². The number of benzene rings is 1. The summed E-state index contributed by atoms with van der Waals surface area (Å²) in [4.78, 5) is 21.7. The van der Waals surface area contributed by atoms with Crippen molar-refractivity contribution in [3.05, 3.63) is 56.4 Å². The number of thiophene rings is 1. The van der Waals surface area contributed by atoms with Gasteiger partial charge in [0, 0.05) is 10.4 Å². The van der Waals surface area contributed by atoms with Crippen molar-refractivity contribution in [2.24, 2.45) is 0 Å². The third-order valence-corrected chi connectivity index (χ3v) is 6.46. The number of nitrogens with one attached hydrogen (secondary N) is 1. The molecule has 138 valence electrons. The SMILES string of the molecule is Cc1ccc(-c2nnc(SCc3nc4sc(C)c(C)c4c(=O)[nH]3)n2N)cc1. The lowest BCUT2D eigenvalue weighted by molar-refractivity contribution is 0.848. The Morgan fingerprint density at radius 2 is 1.93 bits per heavy atom. The molecule has 0 radical (unpaired) electrons. The molecule has 27 heavy (non-hydrogen) atoms. The molecule has 0 saturated carbocycles. The second-order valence-electron chi connectivity index (χ2n) is 6.31. The highest BCUT2D eigenvalue weighted by Gasteiger charge is 2.15. The maximum absolute atomic E-state index is 12.4. The molecule has 0 aliphatic carbocycles. The Morgan fingerprint density at radius 3 is 2.67 bits per heavy atom. The van der Waals surface area contributed by atoms with E-state index in [1.165, 1.54) is 33.3 Å². The number of hydrogen-bond donors (Lipinski definition) is 2. The molecule has 9 heteroatoms. The number of nitrogen functional groups attached to an aromatic ring is 1. The predicted octanol–water partition coefficient (Wildman–Crippen LogP) is 3.17. The van der Waals surface area contributed by atoms with Gasteiger partial charge in [-0.15, -0.1) is 21.5 Å². The third-order valence-electron chi connectivity index (χ3n) is 4.40. The van der Waals surface area contributed by atoms with Crippen LogP contribution in [-0.4, -0.2) is 24.8 Å². The first-order valence-corrected chi connectivity index (χ1v) is 10.1. The summed E-state index contributed by atoms with van der Waals surface area (Å²) in [6.07, 6.45) is 0. The zero-order valence-corrected chi connectivity index (χ0v) is 16.7. The molecule has 0 aliphatic heterocycles. The lowest BCUT2D eigenvalue weighted by Crippen LogP contribution is -2.13. The number of thioether (sulfide) groups is 1. The molecular weight excluding hydrogens is 380 g/mol. The van der Waals surface area contributed by atoms with Crippen LogP contribution in [0.3, 0.4) is 0 Å². The molecule has 0 bridgehead atoms. The van der Waals surface area contributed by atoms with Gasteiger partial charge >= 0.3 is 0 Å². The van der Waals surface area contributed by atoms with Gasteiger partial charge < -0.3 is 10.8 Å². The minimum Gasteiger partial charge on any atom is -0.335 e. The number of H-pyrrole nitrogens is 1. The van der Waals surface area contributed by atoms with Crippen LogP contribution in [0.5, 0.6) is 0 Å². The molecule has 0 fully saturated rings. The van der Waals surface area contributed by atoms with Crippen LogP contribution in [0.2, 0.25) is 0 Å². The standard InChI is InChI=1S/C18H18N6OS2/c1-9-4-6-12(7-5-9)15-22-23-18(24(15)19)26-8-13-20-16(25)14-10(2)11(3)27-17(14)21-13/h4-7H,8,19H2,1-3H3,(H,20,21,25). The van der Waals surface area contributed by atoms with Gasteiger partial charge in [0.15, 0.2) is 5.82 Å². The Balaban J connectivity index is 1.58. The molecule has 4 rings (SSSR count). The van der Waals surface area contributed by atoms with Gasteiger partial charge in [0.25, 0.3) is 5.56 Å². The molecule has 4 aromatic rings. The summed E-state index contributed by atoms with van der Waals surface area (Å²) >= 11 is 2.92. The van der Waals surface area contributed by atoms with Gasteiger partial charge in [-0.25, -0.2) is 9.66 Å². The summed E-state index contributed by atoms with van der Waals surface area (Å²) in [6.45, 7) is 5.97. The number of aryl methyl sites for hydroxylation is 3. The Labute approximate surface area is 163 Å². The van der Waals surface area contributed by atoms with E-state index in [1.54, 1.807) is 0 Å². The Morgan fingerprint density at radius 1 is 1.19 bits per heavy atom. The van der Waals surface area contributed by atoms with Crippen LogP contribution in [-0.2, 0) is 5.75 Å². The average molecular weight is 399 g/mol. The molecule has 0 spiro atoms. The van der Waals surface area contributed by atoms with Crippen LogP contribution in [0.15, 0.2) is 34.2 Å². The van der Waals surface area contributed by atoms with Crippen LogP contribution in [0.4, 0.5) is 0 Å². The van der Waals surface area contributed by atoms with Crippen molar-refractivity contribution in [3.8, 4) is 11.4 Å². The van der Waals surface area contributed by atoms with Gasteiger partial charge in [0.2, 0.25) is 5.16 Å². The molecule has 0 atom stereocenters. The van der Waals surface area contributed by atoms with Crippen molar-refractivity contribution < 1.29 is 0 Å². The van der Waals surface area contributed by atoms with Gasteiger partial charge in [0.1, 0.15) is 10.7 Å². The monoisotopic (exact) mass is 398 g/mol. The lowest BCUT2D eigenvalue weighted by Gasteiger charge is -2.04. The molecule has 3 N–H and O–H groups in total. The van der Waals surface area contributed by atoms with E-state index >= 15 is 0 Å². The van der Waals surface area contributed by atoms with E-state index in [4.69, 9.17) is 5.84 Å². The van der Waals surface area contributed by atoms with Crippen LogP contribution in [0.25, 0.3) is 21.6 Å². The Bertz CT molecular complexity index is 1190. The van der Waals surface area contributed by atoms with E-state index < -0.39 is 0 Å². The van der Waals surface area contributed by atoms with Gasteiger partial charge in [0.05, 0.1) is 11.1 Å². The first-order chi connectivity index (χ1) is 12.9. The van der Waals surface area contributed by atoms with Gasteiger partial charge in [-0.2, -0.15) is 0 Å². The second kappa shape index (κ2) is 6.82. The fraction of sp³-hybridized carbons (Fsp3) is 0.222. The molecular formula is C18H18N6OS2. The minimum absolute atomic E-state index is 0.105. The van der Waals surface area contributed by atoms with E-state index in [1.807, 2.05) is 45.0 Å². The minimum atomic E-state index is -0.105. The van der Waals surface area contributed by atoms with Gasteiger partial charge in [-0.05, 0) is 26.3 Å². The van der Waals surface area contributed by atoms with Gasteiger partial charge in [-0.3, -0.25) is 4.79 Å². The molecule has 0 amide bonds. The van der Waals surface area contributed by atoms with Crippen molar-refractivity contribution >= 4 is 33.3 Å². The van der Waals surface area contributed by atoms with E-state index in [0.29, 0.717) is 27.9 Å². The average Bonchev–Trinajstić information content (AvgIpc) is 3.14. The molecule has 3 aromatic heterocycles. The number of rotatable bonds is 4. The molecule has 0 saturated heterocycles. The summed E-state index contributed by atoms with van der Waals surface area (Å²) in [6, 6.07) is 7.94. The summed E-state index contributed by atoms with van der Waals surface area (Å²) in [7, 11) is 0. The summed E-state index contributed by atoms with van der Waals surface area (Å²) in [5.74, 6) is 7.80. The summed E-state index contributed by atoms with van der Waals surface area (Å²) < 4.78 is 1.46. The number of hydrogen-bond acceptors (Lipinski definition) is 7. The number of nitrogens with two attached hydrogens (primary N) is 1. The smallest absolute Gasteiger partial charge is 0.259 e. The van der Waals surface area contributed by atoms with Crippen molar-refractivity contribution in [2.45, 2.75) is 31.7 Å². The molecule has 1 aromatic carbocycles. The second-order valence-corrected chi connectivity index (χ2v) is 8.45. The van der Waals surface area contributed by atoms with Crippen LogP contribution >= 0.6 is 23.1 Å². The molecule has 3 heterocycles. The van der Waals surface area contributed by atoms with Crippen molar-refractivity contribution in [3.63, 3.8) is 0 Å². The Kier molecular flexibility index (Phi) is 4.48. The number of aromatic nitrogens is 5. The van der Waals surface area contributed by atoms with Crippen molar-refractivity contribution in [1.82, 2.24) is 24.8 Å². The van der Waals surface area contributed by atoms with E-state index in [-0.39, 0.29) is 5.56 Å². The van der Waals surface area contributed by atoms with Crippen LogP contribution < -0.4 is 11.4 Å². The normalized spacial score (nSPS) is 11.4. The highest BCUT2D eigenvalue weighted by molar-refractivity contribution is 7.98. The lowest BCUT2D eigenvalue weighted by atomic mass is 10.1. The van der Waals surface area contributed by atoms with E-state index in [0.717, 1.165) is 20.8 Å². The quantitative estimate of drug-likeness (QED) is 0.404. The number of aromatic amines is 1. The van der Waals surface area contributed by atoms with E-state index in [9.17, 15) is 4.79 Å². The maximum atomic E-state index is 12.4. The maximum Gasteiger partial charge on any atom is 0.259 e. The summed E-state index contributed by atoms with van der Waals surface area (Å²) in [5, 5.41) is 9.59.